The third-order valence-corrected chi connectivity index (χ3v) is 8.81. The first-order valence-corrected chi connectivity index (χ1v) is 12.9. The molecule has 2 amide bonds. The first-order valence-electron chi connectivity index (χ1n) is 10.8. The number of benzene rings is 2. The fraction of sp³-hybridized carbons (Fsp3) is 0.320. The fourth-order valence-corrected chi connectivity index (χ4v) is 7.83. The van der Waals surface area contributed by atoms with E-state index in [0.29, 0.717) is 18.4 Å². The molecular weight excluding hydrogens is 630 g/mol. The quantitative estimate of drug-likeness (QED) is 0.201. The van der Waals surface area contributed by atoms with Crippen molar-refractivity contribution in [1.82, 2.24) is 5.01 Å². The number of amides is 2. The number of nitrogens with zero attached hydrogens (tertiary/aromatic N) is 2. The summed E-state index contributed by atoms with van der Waals surface area (Å²) < 4.78 is 7.96. The van der Waals surface area contributed by atoms with Crippen LogP contribution in [0, 0.1) is 42.6 Å². The van der Waals surface area contributed by atoms with E-state index in [1.54, 1.807) is 6.21 Å². The normalized spacial score (nSPS) is 31.9. The highest BCUT2D eigenvalue weighted by Crippen LogP contribution is 2.65. The van der Waals surface area contributed by atoms with Crippen molar-refractivity contribution >= 4 is 63.2 Å². The summed E-state index contributed by atoms with van der Waals surface area (Å²) in [6.45, 7) is 0.498. The van der Waals surface area contributed by atoms with E-state index in [1.165, 1.54) is 0 Å². The molecule has 0 N–H and O–H groups in total. The molecule has 4 aliphatic carbocycles. The molecule has 0 radical (unpaired) electrons. The number of carbonyl (C=O) groups is 2. The Morgan fingerprint density at radius 1 is 0.969 bits per heavy atom. The third kappa shape index (κ3) is 3.34. The molecule has 0 aromatic heterocycles. The Morgan fingerprint density at radius 3 is 2.16 bits per heavy atom. The number of halogens is 2. The van der Waals surface area contributed by atoms with Gasteiger partial charge in [0.05, 0.1) is 25.2 Å². The molecule has 2 aromatic carbocycles. The van der Waals surface area contributed by atoms with Crippen LogP contribution < -0.4 is 4.74 Å². The maximum absolute atomic E-state index is 13.1. The van der Waals surface area contributed by atoms with Crippen molar-refractivity contribution in [3.8, 4) is 5.75 Å². The van der Waals surface area contributed by atoms with Crippen LogP contribution >= 0.6 is 45.2 Å². The van der Waals surface area contributed by atoms with Gasteiger partial charge < -0.3 is 4.74 Å². The van der Waals surface area contributed by atoms with Gasteiger partial charge in [-0.15, -0.1) is 0 Å². The van der Waals surface area contributed by atoms with Gasteiger partial charge in [-0.1, -0.05) is 42.5 Å². The minimum atomic E-state index is -0.215. The monoisotopic (exact) mass is 650 g/mol. The number of imide groups is 1. The van der Waals surface area contributed by atoms with Crippen LogP contribution in [0.1, 0.15) is 17.5 Å². The average molecular weight is 650 g/mol. The number of hydrogen-bond donors (Lipinski definition) is 0. The van der Waals surface area contributed by atoms with Gasteiger partial charge in [-0.2, -0.15) is 10.1 Å². The minimum Gasteiger partial charge on any atom is -0.487 e. The molecule has 6 atom stereocenters. The predicted molar refractivity (Wildman–Crippen MR) is 137 cm³/mol. The van der Waals surface area contributed by atoms with Crippen LogP contribution in [-0.2, 0) is 16.2 Å². The van der Waals surface area contributed by atoms with Crippen molar-refractivity contribution in [3.05, 3.63) is 72.9 Å². The van der Waals surface area contributed by atoms with Crippen LogP contribution in [0.25, 0.3) is 0 Å². The Balaban J connectivity index is 1.19. The van der Waals surface area contributed by atoms with Gasteiger partial charge in [0.2, 0.25) is 0 Å². The summed E-state index contributed by atoms with van der Waals surface area (Å²) in [5, 5.41) is 5.49. The highest BCUT2D eigenvalue weighted by Gasteiger charge is 2.67. The molecule has 7 heteroatoms. The Kier molecular flexibility index (Phi) is 5.16. The largest absolute Gasteiger partial charge is 0.487 e. The molecule has 7 rings (SSSR count). The van der Waals surface area contributed by atoms with E-state index in [1.807, 2.05) is 42.5 Å². The minimum absolute atomic E-state index is 0.131. The highest BCUT2D eigenvalue weighted by molar-refractivity contribution is 14.1. The van der Waals surface area contributed by atoms with Gasteiger partial charge >= 0.3 is 0 Å². The zero-order valence-corrected chi connectivity index (χ0v) is 21.3. The van der Waals surface area contributed by atoms with E-state index >= 15 is 0 Å². The Morgan fingerprint density at radius 2 is 1.56 bits per heavy atom. The predicted octanol–water partition coefficient (Wildman–Crippen LogP) is 4.86. The number of carbonyl (C=O) groups excluding carboxylic acids is 2. The maximum atomic E-state index is 13.1. The van der Waals surface area contributed by atoms with Crippen molar-refractivity contribution < 1.29 is 14.3 Å². The second kappa shape index (κ2) is 7.93. The van der Waals surface area contributed by atoms with E-state index < -0.39 is 0 Å². The van der Waals surface area contributed by atoms with Crippen LogP contribution in [-0.4, -0.2) is 23.0 Å². The molecule has 162 valence electrons. The SMILES string of the molecule is O=C1[C@@H]2[C@H]3C=C[C@@H]([C@@H]4C[C@@H]34)[C@@H]2C(=O)N1/N=C\c1cc(I)c(OCc2ccccc2)c(I)c1. The second-order valence-corrected chi connectivity index (χ2v) is 11.3. The van der Waals surface area contributed by atoms with E-state index in [4.69, 9.17) is 4.74 Å². The molecule has 5 nitrogen and oxygen atoms in total. The van der Waals surface area contributed by atoms with Gasteiger partial charge in [-0.05, 0) is 98.5 Å². The van der Waals surface area contributed by atoms with E-state index in [0.717, 1.165) is 35.4 Å². The first kappa shape index (κ1) is 20.8. The molecular formula is C25H20I2N2O3. The summed E-state index contributed by atoms with van der Waals surface area (Å²) >= 11 is 4.50. The van der Waals surface area contributed by atoms with Gasteiger partial charge in [0.15, 0.2) is 0 Å². The molecule has 0 spiro atoms. The summed E-state index contributed by atoms with van der Waals surface area (Å²) in [4.78, 5) is 26.1. The molecule has 32 heavy (non-hydrogen) atoms. The van der Waals surface area contributed by atoms with Gasteiger partial charge in [0.25, 0.3) is 11.8 Å². The molecule has 1 aliphatic heterocycles. The van der Waals surface area contributed by atoms with Gasteiger partial charge in [-0.25, -0.2) is 0 Å². The summed E-state index contributed by atoms with van der Waals surface area (Å²) in [7, 11) is 0. The van der Waals surface area contributed by atoms with Crippen molar-refractivity contribution in [2.45, 2.75) is 13.0 Å². The van der Waals surface area contributed by atoms with Crippen LogP contribution in [0.4, 0.5) is 0 Å². The van der Waals surface area contributed by atoms with Gasteiger partial charge in [0, 0.05) is 0 Å². The second-order valence-electron chi connectivity index (χ2n) is 8.98. The van der Waals surface area contributed by atoms with Gasteiger partial charge in [-0.3, -0.25) is 9.59 Å². The number of ether oxygens (including phenoxy) is 1. The van der Waals surface area contributed by atoms with Crippen LogP contribution in [0.2, 0.25) is 0 Å². The molecule has 2 bridgehead atoms. The van der Waals surface area contributed by atoms with Crippen molar-refractivity contribution in [2.75, 3.05) is 0 Å². The smallest absolute Gasteiger partial charge is 0.254 e. The number of hydrazone groups is 1. The lowest BCUT2D eigenvalue weighted by Crippen LogP contribution is -2.40. The van der Waals surface area contributed by atoms with E-state index in [-0.39, 0.29) is 35.5 Å². The average Bonchev–Trinajstić information content (AvgIpc) is 3.57. The lowest BCUT2D eigenvalue weighted by molar-refractivity contribution is -0.140. The number of allylic oxidation sites excluding steroid dienone is 2. The summed E-state index contributed by atoms with van der Waals surface area (Å²) in [5.41, 5.74) is 1.95. The fourth-order valence-electron chi connectivity index (χ4n) is 5.70. The van der Waals surface area contributed by atoms with Crippen molar-refractivity contribution in [1.29, 1.82) is 0 Å². The molecule has 3 fully saturated rings. The van der Waals surface area contributed by atoms with Crippen LogP contribution in [0.15, 0.2) is 59.7 Å². The molecule has 2 saturated carbocycles. The Labute approximate surface area is 213 Å². The summed E-state index contributed by atoms with van der Waals surface area (Å²) in [6, 6.07) is 14.0. The topological polar surface area (TPSA) is 59.0 Å². The standard InChI is InChI=1S/C25H20I2N2O3/c26-19-8-14(9-20(27)23(19)32-12-13-4-2-1-3-5-13)11-28-29-24(30)21-15-6-7-16(18-10-17(15)18)22(21)25(29)31/h1-9,11,15-18,21-22H,10,12H2/b28-11-/t15-,16-,17-,18-,21-,22+/m0/s1. The number of hydrogen-bond acceptors (Lipinski definition) is 4. The summed E-state index contributed by atoms with van der Waals surface area (Å²) in [5.74, 6) is 1.76. The third-order valence-electron chi connectivity index (χ3n) is 7.21. The summed E-state index contributed by atoms with van der Waals surface area (Å²) in [6.07, 6.45) is 7.14. The Hall–Kier alpha value is -1.75. The first-order chi connectivity index (χ1) is 15.5. The number of rotatable bonds is 5. The highest BCUT2D eigenvalue weighted by atomic mass is 127. The van der Waals surface area contributed by atoms with Crippen molar-refractivity contribution in [3.63, 3.8) is 0 Å². The van der Waals surface area contributed by atoms with Crippen LogP contribution in [0.3, 0.4) is 0 Å². The maximum Gasteiger partial charge on any atom is 0.254 e. The van der Waals surface area contributed by atoms with E-state index in [2.05, 4.69) is 62.4 Å². The molecule has 2 aromatic rings. The zero-order valence-electron chi connectivity index (χ0n) is 17.0. The molecule has 1 saturated heterocycles. The van der Waals surface area contributed by atoms with Crippen LogP contribution in [0.5, 0.6) is 5.75 Å². The molecule has 5 aliphatic rings. The Bertz CT molecular complexity index is 1120. The lowest BCUT2D eigenvalue weighted by Gasteiger charge is -2.37. The van der Waals surface area contributed by atoms with Gasteiger partial charge in [0.1, 0.15) is 12.4 Å². The lowest BCUT2D eigenvalue weighted by atomic mass is 9.63. The molecule has 0 unspecified atom stereocenters. The van der Waals surface area contributed by atoms with Crippen molar-refractivity contribution in [2.24, 2.45) is 40.6 Å². The zero-order chi connectivity index (χ0) is 22.0. The van der Waals surface area contributed by atoms with E-state index in [9.17, 15) is 9.59 Å². The molecule has 1 heterocycles.